The van der Waals surface area contributed by atoms with E-state index < -0.39 is 5.97 Å². The molecular weight excluding hydrogens is 418 g/mol. The molecule has 7 nitrogen and oxygen atoms in total. The van der Waals surface area contributed by atoms with Gasteiger partial charge in [-0.15, -0.1) is 0 Å². The monoisotopic (exact) mass is 441 g/mol. The second-order valence-electron chi connectivity index (χ2n) is 7.66. The number of hydrogen-bond acceptors (Lipinski definition) is 4. The van der Waals surface area contributed by atoms with Crippen molar-refractivity contribution in [2.24, 2.45) is 0 Å². The van der Waals surface area contributed by atoms with Gasteiger partial charge in [-0.25, -0.2) is 4.79 Å². The molecule has 0 fully saturated rings. The van der Waals surface area contributed by atoms with Crippen molar-refractivity contribution in [2.75, 3.05) is 24.2 Å². The Morgan fingerprint density at radius 2 is 1.61 bits per heavy atom. The number of hydrogen-bond donors (Lipinski definition) is 3. The number of fused-ring (bicyclic) bond motifs is 1. The summed E-state index contributed by atoms with van der Waals surface area (Å²) in [5.74, 6) is -1.41. The molecule has 2 amide bonds. The van der Waals surface area contributed by atoms with E-state index >= 15 is 0 Å². The van der Waals surface area contributed by atoms with Crippen LogP contribution in [0.1, 0.15) is 38.8 Å². The smallest absolute Gasteiger partial charge is 0.335 e. The first-order valence-corrected chi connectivity index (χ1v) is 10.5. The molecule has 1 aliphatic rings. The lowest BCUT2D eigenvalue weighted by Gasteiger charge is -2.16. The van der Waals surface area contributed by atoms with Crippen molar-refractivity contribution in [3.8, 4) is 0 Å². The fourth-order valence-corrected chi connectivity index (χ4v) is 3.64. The molecule has 1 aliphatic heterocycles. The molecule has 0 atom stereocenters. The van der Waals surface area contributed by atoms with Crippen LogP contribution >= 0.6 is 0 Å². The lowest BCUT2D eigenvalue weighted by Crippen LogP contribution is -2.26. The van der Waals surface area contributed by atoms with Crippen LogP contribution in [0.5, 0.6) is 0 Å². The number of nitrogens with zero attached hydrogens (tertiary/aromatic N) is 1. The summed E-state index contributed by atoms with van der Waals surface area (Å²) in [6.45, 7) is 2.48. The minimum Gasteiger partial charge on any atom is -0.478 e. The average molecular weight is 441 g/mol. The molecule has 3 aromatic rings. The summed E-state index contributed by atoms with van der Waals surface area (Å²) >= 11 is 0. The average Bonchev–Trinajstić information content (AvgIpc) is 3.17. The molecule has 0 unspecified atom stereocenters. The fourth-order valence-electron chi connectivity index (χ4n) is 3.64. The van der Waals surface area contributed by atoms with Gasteiger partial charge in [-0.3, -0.25) is 9.59 Å². The number of carboxylic acids is 1. The van der Waals surface area contributed by atoms with Crippen molar-refractivity contribution in [3.05, 3.63) is 95.1 Å². The summed E-state index contributed by atoms with van der Waals surface area (Å²) < 4.78 is 0. The van der Waals surface area contributed by atoms with Gasteiger partial charge in [0.25, 0.3) is 11.8 Å². The molecule has 7 heteroatoms. The van der Waals surface area contributed by atoms with E-state index in [1.807, 2.05) is 37.3 Å². The number of carbonyl (C=O) groups excluding carboxylic acids is 2. The SMILES string of the molecule is CCN(C)C(=O)c1ccc2c(c1)NC(=O)/C2=C(\Nc1ccc(C(=O)O)cc1)c1ccccc1. The summed E-state index contributed by atoms with van der Waals surface area (Å²) in [5.41, 5.74) is 4.39. The molecule has 0 bridgehead atoms. The third kappa shape index (κ3) is 4.34. The molecular formula is C26H23N3O4. The molecule has 33 heavy (non-hydrogen) atoms. The largest absolute Gasteiger partial charge is 0.478 e. The van der Waals surface area contributed by atoms with E-state index in [4.69, 9.17) is 5.11 Å². The van der Waals surface area contributed by atoms with Gasteiger partial charge in [0, 0.05) is 36.1 Å². The highest BCUT2D eigenvalue weighted by molar-refractivity contribution is 6.37. The zero-order chi connectivity index (χ0) is 23.5. The molecule has 3 N–H and O–H groups in total. The number of carbonyl (C=O) groups is 3. The molecule has 0 saturated carbocycles. The van der Waals surface area contributed by atoms with Crippen molar-refractivity contribution >= 4 is 40.4 Å². The van der Waals surface area contributed by atoms with E-state index in [-0.39, 0.29) is 17.4 Å². The van der Waals surface area contributed by atoms with Gasteiger partial charge in [0.05, 0.1) is 16.8 Å². The lowest BCUT2D eigenvalue weighted by atomic mass is 9.98. The highest BCUT2D eigenvalue weighted by Crippen LogP contribution is 2.38. The lowest BCUT2D eigenvalue weighted by molar-refractivity contribution is -0.110. The predicted molar refractivity (Wildman–Crippen MR) is 128 cm³/mol. The second kappa shape index (κ2) is 9.00. The van der Waals surface area contributed by atoms with Crippen LogP contribution in [0.4, 0.5) is 11.4 Å². The molecule has 0 spiro atoms. The van der Waals surface area contributed by atoms with Gasteiger partial charge in [0.15, 0.2) is 0 Å². The molecule has 0 aliphatic carbocycles. The zero-order valence-corrected chi connectivity index (χ0v) is 18.3. The normalized spacial score (nSPS) is 13.7. The van der Waals surface area contributed by atoms with E-state index in [1.165, 1.54) is 12.1 Å². The molecule has 166 valence electrons. The summed E-state index contributed by atoms with van der Waals surface area (Å²) in [7, 11) is 1.73. The zero-order valence-electron chi connectivity index (χ0n) is 18.3. The first kappa shape index (κ1) is 21.8. The van der Waals surface area contributed by atoms with E-state index in [0.717, 1.165) is 5.56 Å². The summed E-state index contributed by atoms with van der Waals surface area (Å²) in [5, 5.41) is 15.3. The highest BCUT2D eigenvalue weighted by Gasteiger charge is 2.29. The molecule has 0 saturated heterocycles. The van der Waals surface area contributed by atoms with Crippen LogP contribution in [0, 0.1) is 0 Å². The van der Waals surface area contributed by atoms with Gasteiger partial charge in [-0.1, -0.05) is 36.4 Å². The van der Waals surface area contributed by atoms with Crippen LogP contribution < -0.4 is 10.6 Å². The maximum atomic E-state index is 13.1. The Morgan fingerprint density at radius 3 is 2.24 bits per heavy atom. The van der Waals surface area contributed by atoms with E-state index in [9.17, 15) is 14.4 Å². The number of benzene rings is 3. The van der Waals surface area contributed by atoms with Crippen LogP contribution in [0.15, 0.2) is 72.8 Å². The van der Waals surface area contributed by atoms with Gasteiger partial charge in [0.2, 0.25) is 0 Å². The molecule has 0 radical (unpaired) electrons. The number of rotatable bonds is 6. The van der Waals surface area contributed by atoms with Gasteiger partial charge < -0.3 is 20.6 Å². The maximum Gasteiger partial charge on any atom is 0.335 e. The van der Waals surface area contributed by atoms with E-state index in [1.54, 1.807) is 42.3 Å². The van der Waals surface area contributed by atoms with Crippen LogP contribution in [0.2, 0.25) is 0 Å². The third-order valence-corrected chi connectivity index (χ3v) is 5.55. The number of amides is 2. The van der Waals surface area contributed by atoms with Crippen LogP contribution in [0.3, 0.4) is 0 Å². The van der Waals surface area contributed by atoms with Crippen LogP contribution in [-0.2, 0) is 4.79 Å². The van der Waals surface area contributed by atoms with Crippen molar-refractivity contribution in [3.63, 3.8) is 0 Å². The number of aromatic carboxylic acids is 1. The van der Waals surface area contributed by atoms with Crippen molar-refractivity contribution < 1.29 is 19.5 Å². The Balaban J connectivity index is 1.80. The Hall–Kier alpha value is -4.39. The van der Waals surface area contributed by atoms with Gasteiger partial charge >= 0.3 is 5.97 Å². The maximum absolute atomic E-state index is 13.1. The first-order valence-electron chi connectivity index (χ1n) is 10.5. The number of anilines is 2. The molecule has 1 heterocycles. The second-order valence-corrected chi connectivity index (χ2v) is 7.66. The Labute approximate surface area is 191 Å². The van der Waals surface area contributed by atoms with Crippen LogP contribution in [-0.4, -0.2) is 41.4 Å². The Morgan fingerprint density at radius 1 is 0.939 bits per heavy atom. The van der Waals surface area contributed by atoms with Gasteiger partial charge in [0.1, 0.15) is 0 Å². The predicted octanol–water partition coefficient (Wildman–Crippen LogP) is 4.41. The summed E-state index contributed by atoms with van der Waals surface area (Å²) in [4.78, 5) is 38.4. The van der Waals surface area contributed by atoms with E-state index in [0.29, 0.717) is 40.3 Å². The summed E-state index contributed by atoms with van der Waals surface area (Å²) in [6.07, 6.45) is 0. The van der Waals surface area contributed by atoms with Gasteiger partial charge in [-0.2, -0.15) is 0 Å². The van der Waals surface area contributed by atoms with Crippen molar-refractivity contribution in [1.29, 1.82) is 0 Å². The standard InChI is InChI=1S/C26H23N3O4/c1-3-29(2)25(31)18-11-14-20-21(15-18)28-24(30)22(20)23(16-7-5-4-6-8-16)27-19-12-9-17(10-13-19)26(32)33/h4-15,27H,3H2,1-2H3,(H,28,30)(H,32,33)/b23-22-. The topological polar surface area (TPSA) is 98.7 Å². The first-order chi connectivity index (χ1) is 15.9. The van der Waals surface area contributed by atoms with Crippen molar-refractivity contribution in [1.82, 2.24) is 4.90 Å². The number of carboxylic acid groups (broad SMARTS) is 1. The fraction of sp³-hybridized carbons (Fsp3) is 0.115. The van der Waals surface area contributed by atoms with E-state index in [2.05, 4.69) is 10.6 Å². The Bertz CT molecular complexity index is 1260. The molecule has 3 aromatic carbocycles. The third-order valence-electron chi connectivity index (χ3n) is 5.55. The van der Waals surface area contributed by atoms with Crippen molar-refractivity contribution in [2.45, 2.75) is 6.92 Å². The highest BCUT2D eigenvalue weighted by atomic mass is 16.4. The minimum atomic E-state index is -1.01. The minimum absolute atomic E-state index is 0.119. The summed E-state index contributed by atoms with van der Waals surface area (Å²) in [6, 6.07) is 20.9. The molecule has 4 rings (SSSR count). The molecule has 0 aromatic heterocycles. The van der Waals surface area contributed by atoms with Gasteiger partial charge in [-0.05, 0) is 48.9 Å². The Kier molecular flexibility index (Phi) is 5.95. The number of nitrogens with one attached hydrogen (secondary N) is 2. The quantitative estimate of drug-likeness (QED) is 0.492. The van der Waals surface area contributed by atoms with Crippen LogP contribution in [0.25, 0.3) is 11.3 Å².